The fourth-order valence-electron chi connectivity index (χ4n) is 3.97. The summed E-state index contributed by atoms with van der Waals surface area (Å²) in [5.41, 5.74) is 1.15. The molecule has 1 aromatic carbocycles. The standard InChI is InChI=1S/C21H25NO4/c1-12-9-14-15(10-21(3,4)11-18(14)24-12)22-20(23)19-13(2)25-16-7-5-6-8-17(16)26-19/h5-9,13,15,19H,10-11H2,1-4H3,(H,22,23)/t13-,15-,19+/m0/s1. The number of furan rings is 1. The average Bonchev–Trinajstić information content (AvgIpc) is 2.93. The maximum atomic E-state index is 13.0. The SMILES string of the molecule is Cc1cc2c(o1)CC(C)(C)C[C@@H]2NC(=O)[C@@H]1Oc2ccccc2O[C@H]1C. The lowest BCUT2D eigenvalue weighted by Gasteiger charge is -2.36. The van der Waals surface area contributed by atoms with Gasteiger partial charge in [-0.1, -0.05) is 26.0 Å². The molecule has 138 valence electrons. The molecule has 0 spiro atoms. The third-order valence-corrected chi connectivity index (χ3v) is 5.15. The largest absolute Gasteiger partial charge is 0.482 e. The molecule has 1 aromatic heterocycles. The molecule has 26 heavy (non-hydrogen) atoms. The van der Waals surface area contributed by atoms with E-state index in [0.29, 0.717) is 11.5 Å². The molecule has 0 saturated heterocycles. The lowest BCUT2D eigenvalue weighted by atomic mass is 9.74. The molecule has 0 saturated carbocycles. The van der Waals surface area contributed by atoms with Gasteiger partial charge in [-0.05, 0) is 43.9 Å². The third-order valence-electron chi connectivity index (χ3n) is 5.15. The molecule has 1 aliphatic heterocycles. The van der Waals surface area contributed by atoms with Crippen LogP contribution < -0.4 is 14.8 Å². The second-order valence-electron chi connectivity index (χ2n) is 8.15. The molecule has 4 rings (SSSR count). The fourth-order valence-corrected chi connectivity index (χ4v) is 3.97. The van der Waals surface area contributed by atoms with Crippen molar-refractivity contribution in [3.05, 3.63) is 47.4 Å². The van der Waals surface area contributed by atoms with Crippen LogP contribution in [0.15, 0.2) is 34.7 Å². The van der Waals surface area contributed by atoms with E-state index >= 15 is 0 Å². The van der Waals surface area contributed by atoms with Crippen molar-refractivity contribution in [3.63, 3.8) is 0 Å². The zero-order valence-corrected chi connectivity index (χ0v) is 15.7. The van der Waals surface area contributed by atoms with Gasteiger partial charge < -0.3 is 19.2 Å². The molecular weight excluding hydrogens is 330 g/mol. The summed E-state index contributed by atoms with van der Waals surface area (Å²) in [4.78, 5) is 13.0. The van der Waals surface area contributed by atoms with E-state index in [-0.39, 0.29) is 23.5 Å². The van der Waals surface area contributed by atoms with E-state index in [4.69, 9.17) is 13.9 Å². The van der Waals surface area contributed by atoms with Crippen LogP contribution in [0.4, 0.5) is 0 Å². The van der Waals surface area contributed by atoms with Crippen LogP contribution in [0.2, 0.25) is 0 Å². The summed E-state index contributed by atoms with van der Waals surface area (Å²) in [5, 5.41) is 3.17. The Bertz CT molecular complexity index is 838. The first-order valence-electron chi connectivity index (χ1n) is 9.14. The number of ether oxygens (including phenoxy) is 2. The first-order valence-corrected chi connectivity index (χ1v) is 9.14. The second kappa shape index (κ2) is 6.08. The van der Waals surface area contributed by atoms with E-state index in [9.17, 15) is 4.79 Å². The average molecular weight is 355 g/mol. The predicted molar refractivity (Wildman–Crippen MR) is 97.4 cm³/mol. The van der Waals surface area contributed by atoms with Crippen LogP contribution in [-0.2, 0) is 11.2 Å². The number of carbonyl (C=O) groups excluding carboxylic acids is 1. The number of hydrogen-bond acceptors (Lipinski definition) is 4. The third kappa shape index (κ3) is 3.06. The molecule has 3 atom stereocenters. The minimum atomic E-state index is -0.675. The number of hydrogen-bond donors (Lipinski definition) is 1. The summed E-state index contributed by atoms with van der Waals surface area (Å²) in [7, 11) is 0. The Balaban J connectivity index is 1.55. The molecule has 0 fully saturated rings. The van der Waals surface area contributed by atoms with Gasteiger partial charge in [-0.15, -0.1) is 0 Å². The Kier molecular flexibility index (Phi) is 3.98. The van der Waals surface area contributed by atoms with Crippen LogP contribution in [0.5, 0.6) is 11.5 Å². The van der Waals surface area contributed by atoms with Crippen molar-refractivity contribution < 1.29 is 18.7 Å². The van der Waals surface area contributed by atoms with Gasteiger partial charge in [0.15, 0.2) is 11.5 Å². The number of fused-ring (bicyclic) bond motifs is 2. The van der Waals surface area contributed by atoms with Crippen LogP contribution in [0.25, 0.3) is 0 Å². The molecule has 2 aliphatic rings. The zero-order valence-electron chi connectivity index (χ0n) is 15.7. The van der Waals surface area contributed by atoms with Gasteiger partial charge in [-0.25, -0.2) is 0 Å². The van der Waals surface area contributed by atoms with Gasteiger partial charge in [0.1, 0.15) is 17.6 Å². The number of nitrogens with one attached hydrogen (secondary N) is 1. The normalized spacial score (nSPS) is 26.1. The summed E-state index contributed by atoms with van der Waals surface area (Å²) in [6.45, 7) is 8.21. The van der Waals surface area contributed by atoms with Gasteiger partial charge in [0, 0.05) is 12.0 Å². The molecular formula is C21H25NO4. The molecule has 2 heterocycles. The van der Waals surface area contributed by atoms with E-state index in [1.54, 1.807) is 0 Å². The molecule has 0 radical (unpaired) electrons. The smallest absolute Gasteiger partial charge is 0.265 e. The van der Waals surface area contributed by atoms with Crippen LogP contribution >= 0.6 is 0 Å². The Hall–Kier alpha value is -2.43. The second-order valence-corrected chi connectivity index (χ2v) is 8.15. The number of amides is 1. The van der Waals surface area contributed by atoms with Gasteiger partial charge in [0.2, 0.25) is 6.10 Å². The topological polar surface area (TPSA) is 60.7 Å². The molecule has 1 aliphatic carbocycles. The van der Waals surface area contributed by atoms with Crippen molar-refractivity contribution in [2.75, 3.05) is 0 Å². The molecule has 0 bridgehead atoms. The van der Waals surface area contributed by atoms with Crippen molar-refractivity contribution in [1.29, 1.82) is 0 Å². The van der Waals surface area contributed by atoms with E-state index in [2.05, 4.69) is 19.2 Å². The highest BCUT2D eigenvalue weighted by molar-refractivity contribution is 5.82. The monoisotopic (exact) mass is 355 g/mol. The highest BCUT2D eigenvalue weighted by Crippen LogP contribution is 2.42. The molecule has 1 amide bonds. The van der Waals surface area contributed by atoms with Crippen molar-refractivity contribution >= 4 is 5.91 Å². The summed E-state index contributed by atoms with van der Waals surface area (Å²) in [6, 6.07) is 9.39. The number of aryl methyl sites for hydroxylation is 1. The first kappa shape index (κ1) is 17.0. The molecule has 2 aromatic rings. The Morgan fingerprint density at radius 2 is 1.88 bits per heavy atom. The van der Waals surface area contributed by atoms with E-state index in [1.165, 1.54) is 0 Å². The number of benzene rings is 1. The van der Waals surface area contributed by atoms with Gasteiger partial charge >= 0.3 is 0 Å². The van der Waals surface area contributed by atoms with Crippen LogP contribution in [0, 0.1) is 12.3 Å². The minimum absolute atomic E-state index is 0.0668. The quantitative estimate of drug-likeness (QED) is 0.886. The number of rotatable bonds is 2. The minimum Gasteiger partial charge on any atom is -0.482 e. The van der Waals surface area contributed by atoms with E-state index < -0.39 is 6.10 Å². The number of carbonyl (C=O) groups is 1. The van der Waals surface area contributed by atoms with Crippen LogP contribution in [0.3, 0.4) is 0 Å². The van der Waals surface area contributed by atoms with Gasteiger partial charge in [-0.3, -0.25) is 4.79 Å². The molecule has 1 N–H and O–H groups in total. The predicted octanol–water partition coefficient (Wildman–Crippen LogP) is 3.95. The van der Waals surface area contributed by atoms with Gasteiger partial charge in [-0.2, -0.15) is 0 Å². The van der Waals surface area contributed by atoms with Gasteiger partial charge in [0.25, 0.3) is 5.91 Å². The molecule has 5 heteroatoms. The highest BCUT2D eigenvalue weighted by Gasteiger charge is 2.39. The lowest BCUT2D eigenvalue weighted by molar-refractivity contribution is -0.134. The van der Waals surface area contributed by atoms with Crippen LogP contribution in [0.1, 0.15) is 50.3 Å². The molecule has 0 unspecified atom stereocenters. The Morgan fingerprint density at radius 1 is 1.19 bits per heavy atom. The van der Waals surface area contributed by atoms with Gasteiger partial charge in [0.05, 0.1) is 6.04 Å². The van der Waals surface area contributed by atoms with E-state index in [0.717, 1.165) is 29.9 Å². The highest BCUT2D eigenvalue weighted by atomic mass is 16.6. The lowest BCUT2D eigenvalue weighted by Crippen LogP contribution is -2.50. The maximum absolute atomic E-state index is 13.0. The first-order chi connectivity index (χ1) is 12.3. The van der Waals surface area contributed by atoms with Crippen molar-refractivity contribution in [2.45, 2.75) is 58.8 Å². The summed E-state index contributed by atoms with van der Waals surface area (Å²) in [5.74, 6) is 2.99. The maximum Gasteiger partial charge on any atom is 0.265 e. The molecule has 5 nitrogen and oxygen atoms in total. The summed E-state index contributed by atoms with van der Waals surface area (Å²) in [6.07, 6.45) is 0.719. The van der Waals surface area contributed by atoms with Crippen molar-refractivity contribution in [2.24, 2.45) is 5.41 Å². The van der Waals surface area contributed by atoms with Crippen LogP contribution in [-0.4, -0.2) is 18.1 Å². The number of para-hydroxylation sites is 2. The zero-order chi connectivity index (χ0) is 18.5. The van der Waals surface area contributed by atoms with Crippen molar-refractivity contribution in [3.8, 4) is 11.5 Å². The van der Waals surface area contributed by atoms with E-state index in [1.807, 2.05) is 44.2 Å². The Morgan fingerprint density at radius 3 is 2.62 bits per heavy atom. The summed E-state index contributed by atoms with van der Waals surface area (Å²) >= 11 is 0. The Labute approximate surface area is 153 Å². The summed E-state index contributed by atoms with van der Waals surface area (Å²) < 4.78 is 17.7. The van der Waals surface area contributed by atoms with Crippen molar-refractivity contribution in [1.82, 2.24) is 5.32 Å². The fraction of sp³-hybridized carbons (Fsp3) is 0.476.